The van der Waals surface area contributed by atoms with Gasteiger partial charge in [-0.2, -0.15) is 0 Å². The van der Waals surface area contributed by atoms with Gasteiger partial charge in [-0.15, -0.1) is 0 Å². The Morgan fingerprint density at radius 3 is 2.67 bits per heavy atom. The van der Waals surface area contributed by atoms with Crippen molar-refractivity contribution in [1.29, 1.82) is 0 Å². The first-order valence-corrected chi connectivity index (χ1v) is 8.68. The lowest BCUT2D eigenvalue weighted by atomic mass is 10.0. The SMILES string of the molecule is COc1cccc(NC(C(=O)c2cnc3ccccn23)c2ccccc2)c1. The van der Waals surface area contributed by atoms with Crippen LogP contribution in [-0.4, -0.2) is 22.3 Å². The average Bonchev–Trinajstić information content (AvgIpc) is 3.16. The molecule has 1 atom stereocenters. The summed E-state index contributed by atoms with van der Waals surface area (Å²) in [5.74, 6) is 0.678. The van der Waals surface area contributed by atoms with Crippen LogP contribution < -0.4 is 10.1 Å². The maximum atomic E-state index is 13.4. The van der Waals surface area contributed by atoms with Crippen LogP contribution in [0.5, 0.6) is 5.75 Å². The number of ether oxygens (including phenoxy) is 1. The zero-order valence-electron chi connectivity index (χ0n) is 14.9. The molecule has 0 amide bonds. The van der Waals surface area contributed by atoms with Gasteiger partial charge in [0.05, 0.1) is 13.3 Å². The van der Waals surface area contributed by atoms with Crippen LogP contribution in [0.2, 0.25) is 0 Å². The van der Waals surface area contributed by atoms with Gasteiger partial charge in [0.2, 0.25) is 5.78 Å². The normalized spacial score (nSPS) is 11.9. The van der Waals surface area contributed by atoms with Crippen molar-refractivity contribution in [1.82, 2.24) is 9.38 Å². The van der Waals surface area contributed by atoms with Gasteiger partial charge in [0, 0.05) is 18.0 Å². The molecule has 0 aliphatic heterocycles. The maximum Gasteiger partial charge on any atom is 0.207 e. The second-order valence-electron chi connectivity index (χ2n) is 6.16. The molecule has 0 aliphatic rings. The number of methoxy groups -OCH3 is 1. The molecule has 4 rings (SSSR count). The van der Waals surface area contributed by atoms with Crippen LogP contribution in [0, 0.1) is 0 Å². The fourth-order valence-corrected chi connectivity index (χ4v) is 3.09. The molecule has 1 unspecified atom stereocenters. The molecule has 0 radical (unpaired) electrons. The first-order valence-electron chi connectivity index (χ1n) is 8.68. The van der Waals surface area contributed by atoms with E-state index in [9.17, 15) is 4.79 Å². The molecular formula is C22H19N3O2. The number of Topliss-reactive ketones (excluding diaryl/α,β-unsaturated/α-hetero) is 1. The average molecular weight is 357 g/mol. The van der Waals surface area contributed by atoms with Gasteiger partial charge in [0.25, 0.3) is 0 Å². The number of benzene rings is 2. The molecule has 2 aromatic carbocycles. The van der Waals surface area contributed by atoms with Gasteiger partial charge in [0.15, 0.2) is 0 Å². The summed E-state index contributed by atoms with van der Waals surface area (Å²) in [5.41, 5.74) is 2.98. The van der Waals surface area contributed by atoms with Gasteiger partial charge in [0.1, 0.15) is 23.1 Å². The summed E-state index contributed by atoms with van der Waals surface area (Å²) in [6, 6.07) is 22.4. The van der Waals surface area contributed by atoms with Gasteiger partial charge in [-0.3, -0.25) is 9.20 Å². The molecular weight excluding hydrogens is 338 g/mol. The van der Waals surface area contributed by atoms with Crippen LogP contribution in [0.1, 0.15) is 22.1 Å². The zero-order valence-corrected chi connectivity index (χ0v) is 14.9. The molecule has 5 heteroatoms. The fourth-order valence-electron chi connectivity index (χ4n) is 3.09. The van der Waals surface area contributed by atoms with E-state index in [1.165, 1.54) is 0 Å². The quantitative estimate of drug-likeness (QED) is 0.520. The maximum absolute atomic E-state index is 13.4. The molecule has 0 spiro atoms. The number of hydrogen-bond acceptors (Lipinski definition) is 4. The van der Waals surface area contributed by atoms with Crippen LogP contribution in [0.4, 0.5) is 5.69 Å². The number of carbonyl (C=O) groups excluding carboxylic acids is 1. The summed E-state index contributed by atoms with van der Waals surface area (Å²) in [6.07, 6.45) is 3.48. The summed E-state index contributed by atoms with van der Waals surface area (Å²) in [6.45, 7) is 0. The monoisotopic (exact) mass is 357 g/mol. The van der Waals surface area contributed by atoms with Crippen LogP contribution in [0.3, 0.4) is 0 Å². The summed E-state index contributed by atoms with van der Waals surface area (Å²) < 4.78 is 7.10. The smallest absolute Gasteiger partial charge is 0.207 e. The third kappa shape index (κ3) is 3.40. The minimum atomic E-state index is -0.543. The van der Waals surface area contributed by atoms with Gasteiger partial charge < -0.3 is 10.1 Å². The number of imidazole rings is 1. The second kappa shape index (κ2) is 7.33. The Labute approximate surface area is 157 Å². The van der Waals surface area contributed by atoms with E-state index < -0.39 is 6.04 Å². The summed E-state index contributed by atoms with van der Waals surface area (Å²) in [4.78, 5) is 17.8. The number of hydrogen-bond donors (Lipinski definition) is 1. The van der Waals surface area contributed by atoms with Gasteiger partial charge in [-0.05, 0) is 29.8 Å². The molecule has 1 N–H and O–H groups in total. The first kappa shape index (κ1) is 16.8. The molecule has 27 heavy (non-hydrogen) atoms. The third-order valence-electron chi connectivity index (χ3n) is 4.45. The van der Waals surface area contributed by atoms with Crippen molar-refractivity contribution >= 4 is 17.1 Å². The van der Waals surface area contributed by atoms with E-state index in [1.54, 1.807) is 13.3 Å². The number of nitrogens with zero attached hydrogens (tertiary/aromatic N) is 2. The van der Waals surface area contributed by atoms with Crippen molar-refractivity contribution in [2.45, 2.75) is 6.04 Å². The van der Waals surface area contributed by atoms with Crippen molar-refractivity contribution in [3.63, 3.8) is 0 Å². The van der Waals surface area contributed by atoms with E-state index in [0.717, 1.165) is 22.6 Å². The highest BCUT2D eigenvalue weighted by Gasteiger charge is 2.24. The molecule has 0 aliphatic carbocycles. The van der Waals surface area contributed by atoms with E-state index in [-0.39, 0.29) is 5.78 Å². The van der Waals surface area contributed by atoms with E-state index in [2.05, 4.69) is 10.3 Å². The van der Waals surface area contributed by atoms with Crippen molar-refractivity contribution in [3.8, 4) is 5.75 Å². The third-order valence-corrected chi connectivity index (χ3v) is 4.45. The number of fused-ring (bicyclic) bond motifs is 1. The van der Waals surface area contributed by atoms with Crippen LogP contribution in [0.15, 0.2) is 85.2 Å². The number of pyridine rings is 1. The van der Waals surface area contributed by atoms with E-state index in [1.807, 2.05) is 83.4 Å². The molecule has 0 saturated carbocycles. The highest BCUT2D eigenvalue weighted by Crippen LogP contribution is 2.26. The van der Waals surface area contributed by atoms with Crippen LogP contribution >= 0.6 is 0 Å². The zero-order chi connectivity index (χ0) is 18.6. The summed E-state index contributed by atoms with van der Waals surface area (Å²) in [5, 5.41) is 3.35. The van der Waals surface area contributed by atoms with Gasteiger partial charge in [-0.1, -0.05) is 42.5 Å². The van der Waals surface area contributed by atoms with Gasteiger partial charge >= 0.3 is 0 Å². The highest BCUT2D eigenvalue weighted by molar-refractivity contribution is 6.01. The van der Waals surface area contributed by atoms with Crippen molar-refractivity contribution in [2.75, 3.05) is 12.4 Å². The Bertz CT molecular complexity index is 1070. The van der Waals surface area contributed by atoms with Crippen molar-refractivity contribution in [2.24, 2.45) is 0 Å². The number of aromatic nitrogens is 2. The molecule has 2 aromatic heterocycles. The second-order valence-corrected chi connectivity index (χ2v) is 6.16. The largest absolute Gasteiger partial charge is 0.497 e. The number of ketones is 1. The predicted octanol–water partition coefficient (Wildman–Crippen LogP) is 4.38. The van der Waals surface area contributed by atoms with Crippen LogP contribution in [0.25, 0.3) is 5.65 Å². The molecule has 4 aromatic rings. The Balaban J connectivity index is 1.74. The highest BCUT2D eigenvalue weighted by atomic mass is 16.5. The Morgan fingerprint density at radius 1 is 1.04 bits per heavy atom. The molecule has 0 bridgehead atoms. The number of anilines is 1. The lowest BCUT2D eigenvalue weighted by molar-refractivity contribution is 0.0964. The first-order chi connectivity index (χ1) is 13.3. The topological polar surface area (TPSA) is 55.6 Å². The van der Waals surface area contributed by atoms with E-state index in [4.69, 9.17) is 4.74 Å². The lowest BCUT2D eigenvalue weighted by Crippen LogP contribution is -2.22. The number of carbonyl (C=O) groups is 1. The Kier molecular flexibility index (Phi) is 4.58. The molecule has 134 valence electrons. The van der Waals surface area contributed by atoms with Crippen LogP contribution in [-0.2, 0) is 0 Å². The standard InChI is InChI=1S/C22H19N3O2/c1-27-18-11-7-10-17(14-18)24-21(16-8-3-2-4-9-16)22(26)19-15-23-20-12-5-6-13-25(19)20/h2-15,21,24H,1H3. The minimum absolute atomic E-state index is 0.0530. The van der Waals surface area contributed by atoms with Crippen molar-refractivity contribution in [3.05, 3.63) is 96.4 Å². The lowest BCUT2D eigenvalue weighted by Gasteiger charge is -2.19. The Morgan fingerprint density at radius 2 is 1.85 bits per heavy atom. The number of rotatable bonds is 6. The van der Waals surface area contributed by atoms with E-state index in [0.29, 0.717) is 5.69 Å². The minimum Gasteiger partial charge on any atom is -0.497 e. The Hall–Kier alpha value is -3.60. The summed E-state index contributed by atoms with van der Waals surface area (Å²) in [7, 11) is 1.62. The predicted molar refractivity (Wildman–Crippen MR) is 105 cm³/mol. The summed E-state index contributed by atoms with van der Waals surface area (Å²) >= 11 is 0. The molecule has 2 heterocycles. The van der Waals surface area contributed by atoms with E-state index >= 15 is 0 Å². The molecule has 0 fully saturated rings. The fraction of sp³-hybridized carbons (Fsp3) is 0.0909. The molecule has 5 nitrogen and oxygen atoms in total. The molecule has 0 saturated heterocycles. The number of nitrogens with one attached hydrogen (secondary N) is 1. The van der Waals surface area contributed by atoms with Crippen molar-refractivity contribution < 1.29 is 9.53 Å². The van der Waals surface area contributed by atoms with Gasteiger partial charge in [-0.25, -0.2) is 4.98 Å².